The Morgan fingerprint density at radius 1 is 1.19 bits per heavy atom. The molecular weight excluding hydrogens is 471 g/mol. The molecule has 37 heavy (non-hydrogen) atoms. The Bertz CT molecular complexity index is 1430. The summed E-state index contributed by atoms with van der Waals surface area (Å²) < 4.78 is 21.2. The molecule has 2 atom stereocenters. The minimum absolute atomic E-state index is 0.0840. The van der Waals surface area contributed by atoms with Crippen molar-refractivity contribution in [3.63, 3.8) is 0 Å². The maximum Gasteiger partial charge on any atom is 0.252 e. The summed E-state index contributed by atoms with van der Waals surface area (Å²) in [6.07, 6.45) is 2.87. The standard InChI is InChI=1S/C28H33FN6O2/c1-4-25(27-31-32-33-35(27)15-20-9-11-22(29)12-10-20)34(17-23-6-5-13-37-23)16-21-14-24-18(2)7-8-19(3)26(24)30-28(21)36/h7-12,14,23,25H,4-6,13,15-17H2,1-3H3,(H,30,36)/t23-,25+/m1/s1. The zero-order valence-corrected chi connectivity index (χ0v) is 21.6. The molecule has 2 aromatic carbocycles. The van der Waals surface area contributed by atoms with E-state index in [1.165, 1.54) is 12.1 Å². The van der Waals surface area contributed by atoms with Gasteiger partial charge in [0.25, 0.3) is 5.56 Å². The average molecular weight is 505 g/mol. The lowest BCUT2D eigenvalue weighted by Crippen LogP contribution is -2.37. The number of H-pyrrole nitrogens is 1. The van der Waals surface area contributed by atoms with Gasteiger partial charge in [0.2, 0.25) is 0 Å². The SMILES string of the molecule is CC[C@@H](c1nnnn1Cc1ccc(F)cc1)N(Cc1cc2c(C)ccc(C)c2[nH]c1=O)C[C@H]1CCCO1. The Balaban J connectivity index is 1.49. The lowest BCUT2D eigenvalue weighted by atomic mass is 10.0. The topological polar surface area (TPSA) is 88.9 Å². The maximum atomic E-state index is 13.4. The van der Waals surface area contributed by atoms with Gasteiger partial charge in [-0.2, -0.15) is 0 Å². The normalized spacial score (nSPS) is 16.6. The molecule has 2 aromatic heterocycles. The van der Waals surface area contributed by atoms with Gasteiger partial charge in [0.1, 0.15) is 5.82 Å². The summed E-state index contributed by atoms with van der Waals surface area (Å²) in [5.41, 5.74) is 4.59. The van der Waals surface area contributed by atoms with E-state index in [2.05, 4.69) is 45.3 Å². The number of nitrogens with zero attached hydrogens (tertiary/aromatic N) is 5. The van der Waals surface area contributed by atoms with Crippen molar-refractivity contribution in [3.8, 4) is 0 Å². The molecule has 0 spiro atoms. The second-order valence-corrected chi connectivity index (χ2v) is 9.92. The van der Waals surface area contributed by atoms with Gasteiger partial charge < -0.3 is 9.72 Å². The minimum atomic E-state index is -0.277. The number of fused-ring (bicyclic) bond motifs is 1. The van der Waals surface area contributed by atoms with Crippen LogP contribution in [0.1, 0.15) is 60.3 Å². The first-order chi connectivity index (χ1) is 17.9. The molecule has 1 aliphatic rings. The van der Waals surface area contributed by atoms with E-state index in [0.717, 1.165) is 53.5 Å². The van der Waals surface area contributed by atoms with Crippen molar-refractivity contribution in [2.45, 2.75) is 65.3 Å². The molecule has 4 aromatic rings. The second-order valence-electron chi connectivity index (χ2n) is 9.92. The number of pyridine rings is 1. The van der Waals surface area contributed by atoms with Crippen molar-refractivity contribution in [2.24, 2.45) is 0 Å². The summed E-state index contributed by atoms with van der Waals surface area (Å²) in [7, 11) is 0. The number of rotatable bonds is 9. The molecule has 0 amide bonds. The molecule has 0 aliphatic carbocycles. The summed E-state index contributed by atoms with van der Waals surface area (Å²) in [5, 5.41) is 13.7. The van der Waals surface area contributed by atoms with Crippen LogP contribution in [0.4, 0.5) is 4.39 Å². The maximum absolute atomic E-state index is 13.4. The van der Waals surface area contributed by atoms with Gasteiger partial charge in [0.15, 0.2) is 5.82 Å². The van der Waals surface area contributed by atoms with E-state index in [-0.39, 0.29) is 23.5 Å². The molecule has 5 rings (SSSR count). The Morgan fingerprint density at radius 2 is 1.97 bits per heavy atom. The van der Waals surface area contributed by atoms with Crippen molar-refractivity contribution >= 4 is 10.9 Å². The van der Waals surface area contributed by atoms with E-state index in [1.54, 1.807) is 16.8 Å². The van der Waals surface area contributed by atoms with Crippen molar-refractivity contribution in [1.29, 1.82) is 0 Å². The van der Waals surface area contributed by atoms with Gasteiger partial charge in [-0.15, -0.1) is 5.10 Å². The molecule has 0 unspecified atom stereocenters. The fourth-order valence-corrected chi connectivity index (χ4v) is 5.24. The van der Waals surface area contributed by atoms with Crippen LogP contribution in [0, 0.1) is 19.7 Å². The van der Waals surface area contributed by atoms with E-state index in [0.29, 0.717) is 31.0 Å². The fourth-order valence-electron chi connectivity index (χ4n) is 5.24. The lowest BCUT2D eigenvalue weighted by molar-refractivity contribution is 0.0489. The molecule has 9 heteroatoms. The zero-order chi connectivity index (χ0) is 25.9. The van der Waals surface area contributed by atoms with Gasteiger partial charge in [-0.1, -0.05) is 31.2 Å². The van der Waals surface area contributed by atoms with Gasteiger partial charge in [0.05, 0.1) is 24.2 Å². The third kappa shape index (κ3) is 5.47. The van der Waals surface area contributed by atoms with E-state index >= 15 is 0 Å². The quantitative estimate of drug-likeness (QED) is 0.362. The summed E-state index contributed by atoms with van der Waals surface area (Å²) in [5.74, 6) is 0.440. The number of tetrazole rings is 1. The number of ether oxygens (including phenoxy) is 1. The predicted molar refractivity (Wildman–Crippen MR) is 140 cm³/mol. The number of hydrogen-bond donors (Lipinski definition) is 1. The minimum Gasteiger partial charge on any atom is -0.377 e. The number of aromatic amines is 1. The van der Waals surface area contributed by atoms with Gasteiger partial charge in [-0.25, -0.2) is 9.07 Å². The predicted octanol–water partition coefficient (Wildman–Crippen LogP) is 4.45. The molecule has 3 heterocycles. The van der Waals surface area contributed by atoms with Crippen molar-refractivity contribution in [3.05, 3.63) is 86.7 Å². The lowest BCUT2D eigenvalue weighted by Gasteiger charge is -2.32. The van der Waals surface area contributed by atoms with E-state index in [4.69, 9.17) is 4.74 Å². The van der Waals surface area contributed by atoms with E-state index in [9.17, 15) is 9.18 Å². The third-order valence-corrected chi connectivity index (χ3v) is 7.29. The summed E-state index contributed by atoms with van der Waals surface area (Å²) in [6.45, 7) is 8.48. The van der Waals surface area contributed by atoms with Crippen LogP contribution in [-0.4, -0.2) is 49.3 Å². The van der Waals surface area contributed by atoms with Crippen LogP contribution in [-0.2, 0) is 17.8 Å². The van der Waals surface area contributed by atoms with Crippen molar-refractivity contribution < 1.29 is 9.13 Å². The monoisotopic (exact) mass is 504 g/mol. The van der Waals surface area contributed by atoms with E-state index < -0.39 is 0 Å². The summed E-state index contributed by atoms with van der Waals surface area (Å²) in [4.78, 5) is 18.6. The van der Waals surface area contributed by atoms with Crippen LogP contribution in [0.5, 0.6) is 0 Å². The Labute approximate surface area is 215 Å². The number of nitrogens with one attached hydrogen (secondary N) is 1. The van der Waals surface area contributed by atoms with Crippen LogP contribution in [0.2, 0.25) is 0 Å². The molecule has 0 radical (unpaired) electrons. The first-order valence-corrected chi connectivity index (χ1v) is 12.9. The largest absolute Gasteiger partial charge is 0.377 e. The molecular formula is C28H33FN6O2. The first kappa shape index (κ1) is 25.2. The average Bonchev–Trinajstić information content (AvgIpc) is 3.57. The van der Waals surface area contributed by atoms with Crippen LogP contribution in [0.3, 0.4) is 0 Å². The number of aromatic nitrogens is 5. The summed E-state index contributed by atoms with van der Waals surface area (Å²) >= 11 is 0. The molecule has 0 bridgehead atoms. The van der Waals surface area contributed by atoms with Gasteiger partial charge in [-0.05, 0) is 78.4 Å². The molecule has 1 saturated heterocycles. The number of aryl methyl sites for hydroxylation is 2. The first-order valence-electron chi connectivity index (χ1n) is 12.9. The highest BCUT2D eigenvalue weighted by atomic mass is 19.1. The van der Waals surface area contributed by atoms with Crippen LogP contribution in [0.15, 0.2) is 47.3 Å². The number of hydrogen-bond acceptors (Lipinski definition) is 6. The smallest absolute Gasteiger partial charge is 0.252 e. The van der Waals surface area contributed by atoms with Crippen molar-refractivity contribution in [2.75, 3.05) is 13.2 Å². The number of benzene rings is 2. The van der Waals surface area contributed by atoms with Gasteiger partial charge >= 0.3 is 0 Å². The highest BCUT2D eigenvalue weighted by Crippen LogP contribution is 2.28. The third-order valence-electron chi connectivity index (χ3n) is 7.29. The Kier molecular flexibility index (Phi) is 7.43. The van der Waals surface area contributed by atoms with Crippen LogP contribution in [0.25, 0.3) is 10.9 Å². The van der Waals surface area contributed by atoms with Crippen molar-refractivity contribution in [1.82, 2.24) is 30.1 Å². The highest BCUT2D eigenvalue weighted by molar-refractivity contribution is 5.85. The fraction of sp³-hybridized carbons (Fsp3) is 0.429. The second kappa shape index (κ2) is 10.9. The molecule has 0 saturated carbocycles. The van der Waals surface area contributed by atoms with Crippen LogP contribution >= 0.6 is 0 Å². The van der Waals surface area contributed by atoms with Crippen LogP contribution < -0.4 is 5.56 Å². The van der Waals surface area contributed by atoms with Gasteiger partial charge in [-0.3, -0.25) is 9.69 Å². The van der Waals surface area contributed by atoms with Gasteiger partial charge in [0, 0.05) is 30.6 Å². The molecule has 8 nitrogen and oxygen atoms in total. The summed E-state index contributed by atoms with van der Waals surface area (Å²) in [6, 6.07) is 12.4. The Hall–Kier alpha value is -3.43. The zero-order valence-electron chi connectivity index (χ0n) is 21.6. The molecule has 194 valence electrons. The molecule has 1 fully saturated rings. The number of halogens is 1. The van der Waals surface area contributed by atoms with E-state index in [1.807, 2.05) is 19.1 Å². The molecule has 1 aliphatic heterocycles. The molecule has 1 N–H and O–H groups in total. The highest BCUT2D eigenvalue weighted by Gasteiger charge is 2.29. The Morgan fingerprint density at radius 3 is 2.70 bits per heavy atom.